The highest BCUT2D eigenvalue weighted by molar-refractivity contribution is 6.86. The molecule has 27 heavy (non-hydrogen) atoms. The molecule has 0 aromatic rings. The predicted octanol–water partition coefficient (Wildman–Crippen LogP) is 7.20. The van der Waals surface area contributed by atoms with Crippen molar-refractivity contribution in [3.8, 4) is 0 Å². The van der Waals surface area contributed by atoms with Crippen molar-refractivity contribution in [3.05, 3.63) is 18.7 Å². The molecule has 0 aliphatic rings. The van der Waals surface area contributed by atoms with E-state index in [4.69, 9.17) is 8.85 Å². The lowest BCUT2D eigenvalue weighted by atomic mass is 10.1. The van der Waals surface area contributed by atoms with Crippen molar-refractivity contribution >= 4 is 22.6 Å². The van der Waals surface area contributed by atoms with Gasteiger partial charge in [0.25, 0.3) is 0 Å². The van der Waals surface area contributed by atoms with Crippen LogP contribution in [0.2, 0.25) is 32.2 Å². The molecular weight excluding hydrogens is 368 g/mol. The number of hydrogen-bond acceptors (Lipinski definition) is 3. The van der Waals surface area contributed by atoms with Crippen LogP contribution in [0.3, 0.4) is 0 Å². The fourth-order valence-corrected chi connectivity index (χ4v) is 11.9. The molecule has 0 aliphatic heterocycles. The van der Waals surface area contributed by atoms with Crippen molar-refractivity contribution in [2.75, 3.05) is 6.61 Å². The van der Waals surface area contributed by atoms with Crippen molar-refractivity contribution < 1.29 is 13.6 Å². The van der Waals surface area contributed by atoms with Crippen LogP contribution in [0.15, 0.2) is 12.7 Å². The number of rotatable bonds is 18. The van der Waals surface area contributed by atoms with Crippen molar-refractivity contribution in [1.29, 1.82) is 0 Å². The van der Waals surface area contributed by atoms with Gasteiger partial charge in [-0.15, -0.1) is 0 Å². The molecule has 0 spiro atoms. The highest BCUT2D eigenvalue weighted by atomic mass is 28.4. The summed E-state index contributed by atoms with van der Waals surface area (Å²) in [6.07, 6.45) is 15.4. The molecule has 0 unspecified atom stereocenters. The van der Waals surface area contributed by atoms with Crippen LogP contribution in [0.4, 0.5) is 0 Å². The fourth-order valence-electron chi connectivity index (χ4n) is 3.42. The summed E-state index contributed by atoms with van der Waals surface area (Å²) in [5, 5.41) is 0. The van der Waals surface area contributed by atoms with Gasteiger partial charge >= 0.3 is 5.97 Å². The SMILES string of the molecule is C=CC(=O)OCCCC[Si](C)(C)O[Si](C)(C)[CH]CCCCCCCCCC. The summed E-state index contributed by atoms with van der Waals surface area (Å²) in [4.78, 5) is 11.0. The zero-order valence-corrected chi connectivity index (χ0v) is 20.8. The smallest absolute Gasteiger partial charge is 0.330 e. The van der Waals surface area contributed by atoms with E-state index in [2.05, 4.69) is 45.7 Å². The normalized spacial score (nSPS) is 12.2. The lowest BCUT2D eigenvalue weighted by Gasteiger charge is -2.34. The van der Waals surface area contributed by atoms with Gasteiger partial charge in [-0.25, -0.2) is 4.79 Å². The molecule has 0 rings (SSSR count). The Bertz CT molecular complexity index is 395. The highest BCUT2D eigenvalue weighted by Gasteiger charge is 2.32. The van der Waals surface area contributed by atoms with E-state index in [1.807, 2.05) is 0 Å². The largest absolute Gasteiger partial charge is 0.463 e. The van der Waals surface area contributed by atoms with E-state index in [0.29, 0.717) is 6.61 Å². The number of unbranched alkanes of at least 4 members (excludes halogenated alkanes) is 9. The Morgan fingerprint density at radius 2 is 1.48 bits per heavy atom. The lowest BCUT2D eigenvalue weighted by Crippen LogP contribution is -2.44. The van der Waals surface area contributed by atoms with E-state index in [-0.39, 0.29) is 5.97 Å². The minimum absolute atomic E-state index is 0.327. The first-order chi connectivity index (χ1) is 12.7. The van der Waals surface area contributed by atoms with Crippen LogP contribution >= 0.6 is 0 Å². The van der Waals surface area contributed by atoms with Crippen molar-refractivity contribution in [2.45, 2.75) is 110 Å². The first-order valence-electron chi connectivity index (χ1n) is 11.1. The lowest BCUT2D eigenvalue weighted by molar-refractivity contribution is -0.137. The van der Waals surface area contributed by atoms with E-state index < -0.39 is 16.6 Å². The Hall–Kier alpha value is -0.396. The molecule has 0 saturated heterocycles. The summed E-state index contributed by atoms with van der Waals surface area (Å²) < 4.78 is 11.7. The second-order valence-corrected chi connectivity index (χ2v) is 17.2. The van der Waals surface area contributed by atoms with Gasteiger partial charge in [0.2, 0.25) is 0 Å². The molecular formula is C22H45O3Si2. The fraction of sp³-hybridized carbons (Fsp3) is 0.818. The number of hydrogen-bond donors (Lipinski definition) is 0. The molecule has 0 atom stereocenters. The number of ether oxygens (including phenoxy) is 1. The monoisotopic (exact) mass is 413 g/mol. The topological polar surface area (TPSA) is 35.5 Å². The maximum atomic E-state index is 11.0. The summed E-state index contributed by atoms with van der Waals surface area (Å²) in [6.45, 7) is 15.5. The molecule has 0 saturated carbocycles. The van der Waals surface area contributed by atoms with Crippen LogP contribution < -0.4 is 0 Å². The molecule has 0 N–H and O–H groups in total. The molecule has 1 radical (unpaired) electrons. The van der Waals surface area contributed by atoms with E-state index in [1.54, 1.807) is 0 Å². The average Bonchev–Trinajstić information content (AvgIpc) is 2.58. The van der Waals surface area contributed by atoms with Crippen molar-refractivity contribution in [3.63, 3.8) is 0 Å². The summed E-state index contributed by atoms with van der Waals surface area (Å²) in [6, 6.07) is 3.63. The minimum Gasteiger partial charge on any atom is -0.463 e. The third kappa shape index (κ3) is 17.4. The van der Waals surface area contributed by atoms with Crippen LogP contribution in [-0.2, 0) is 13.6 Å². The van der Waals surface area contributed by atoms with Gasteiger partial charge in [0, 0.05) is 6.08 Å². The van der Waals surface area contributed by atoms with Crippen LogP contribution in [0.1, 0.15) is 77.6 Å². The Morgan fingerprint density at radius 1 is 0.889 bits per heavy atom. The first kappa shape index (κ1) is 26.6. The van der Waals surface area contributed by atoms with Gasteiger partial charge in [-0.3, -0.25) is 0 Å². The minimum atomic E-state index is -1.68. The van der Waals surface area contributed by atoms with E-state index in [0.717, 1.165) is 18.9 Å². The Kier molecular flexibility index (Phi) is 15.3. The van der Waals surface area contributed by atoms with Crippen LogP contribution in [0.5, 0.6) is 0 Å². The number of esters is 1. The van der Waals surface area contributed by atoms with Crippen LogP contribution in [-0.4, -0.2) is 29.2 Å². The Morgan fingerprint density at radius 3 is 2.07 bits per heavy atom. The zero-order valence-electron chi connectivity index (χ0n) is 18.8. The second kappa shape index (κ2) is 15.5. The number of carbonyl (C=O) groups is 1. The van der Waals surface area contributed by atoms with Crippen LogP contribution in [0, 0.1) is 6.04 Å². The molecule has 0 fully saturated rings. The van der Waals surface area contributed by atoms with Gasteiger partial charge in [-0.1, -0.05) is 77.7 Å². The van der Waals surface area contributed by atoms with Crippen molar-refractivity contribution in [2.24, 2.45) is 0 Å². The Labute approximate surface area is 171 Å². The number of carbonyl (C=O) groups excluding carboxylic acids is 1. The third-order valence-corrected chi connectivity index (χ3v) is 12.0. The molecule has 0 aromatic carbocycles. The molecule has 3 nitrogen and oxygen atoms in total. The molecule has 0 aromatic heterocycles. The van der Waals surface area contributed by atoms with Gasteiger partial charge in [-0.2, -0.15) is 0 Å². The van der Waals surface area contributed by atoms with Gasteiger partial charge in [0.05, 0.1) is 6.61 Å². The van der Waals surface area contributed by atoms with Crippen molar-refractivity contribution in [1.82, 2.24) is 0 Å². The van der Waals surface area contributed by atoms with Gasteiger partial charge in [0.15, 0.2) is 16.6 Å². The van der Waals surface area contributed by atoms with Crippen LogP contribution in [0.25, 0.3) is 0 Å². The summed E-state index contributed by atoms with van der Waals surface area (Å²) >= 11 is 0. The molecule has 0 heterocycles. The van der Waals surface area contributed by atoms with E-state index >= 15 is 0 Å². The van der Waals surface area contributed by atoms with Gasteiger partial charge < -0.3 is 8.85 Å². The zero-order chi connectivity index (χ0) is 20.6. The van der Waals surface area contributed by atoms with E-state index in [1.165, 1.54) is 63.9 Å². The predicted molar refractivity (Wildman–Crippen MR) is 123 cm³/mol. The van der Waals surface area contributed by atoms with E-state index in [9.17, 15) is 4.79 Å². The molecule has 0 bridgehead atoms. The highest BCUT2D eigenvalue weighted by Crippen LogP contribution is 2.24. The quantitative estimate of drug-likeness (QED) is 0.103. The molecule has 0 amide bonds. The average molecular weight is 414 g/mol. The van der Waals surface area contributed by atoms with Gasteiger partial charge in [-0.05, 0) is 44.7 Å². The second-order valence-electron chi connectivity index (χ2n) is 8.76. The molecule has 0 aliphatic carbocycles. The summed E-state index contributed by atoms with van der Waals surface area (Å²) in [5.41, 5.74) is 0. The first-order valence-corrected chi connectivity index (χ1v) is 17.2. The Balaban J connectivity index is 3.80. The standard InChI is InChI=1S/C22H45O3Si2/c1-7-9-10-11-12-13-14-15-17-20-26(3,4)25-27(5,6)21-18-16-19-24-22(23)8-2/h8,20H,2,7,9-19,21H2,1,3-6H3. The maximum Gasteiger partial charge on any atom is 0.330 e. The molecule has 159 valence electrons. The summed E-state index contributed by atoms with van der Waals surface area (Å²) in [7, 11) is -3.33. The molecule has 5 heteroatoms. The van der Waals surface area contributed by atoms with Gasteiger partial charge in [0.1, 0.15) is 0 Å². The third-order valence-electron chi connectivity index (χ3n) is 4.82. The maximum absolute atomic E-state index is 11.0. The summed E-state index contributed by atoms with van der Waals surface area (Å²) in [5.74, 6) is -0.327.